The van der Waals surface area contributed by atoms with Crippen LogP contribution in [0.5, 0.6) is 5.75 Å². The Balaban J connectivity index is 1.69. The fourth-order valence-electron chi connectivity index (χ4n) is 4.82. The van der Waals surface area contributed by atoms with Gasteiger partial charge in [-0.1, -0.05) is 0 Å². The average Bonchev–Trinajstić information content (AvgIpc) is 2.96. The second-order valence-corrected chi connectivity index (χ2v) is 9.02. The third-order valence-electron chi connectivity index (χ3n) is 6.79. The van der Waals surface area contributed by atoms with E-state index in [1.165, 1.54) is 10.8 Å². The Bertz CT molecular complexity index is 1230. The minimum Gasteiger partial charge on any atom is -0.503 e. The van der Waals surface area contributed by atoms with Gasteiger partial charge in [0.2, 0.25) is 5.43 Å². The molecule has 1 fully saturated rings. The third kappa shape index (κ3) is 4.70. The van der Waals surface area contributed by atoms with Crippen molar-refractivity contribution in [3.05, 3.63) is 62.8 Å². The van der Waals surface area contributed by atoms with Gasteiger partial charge in [-0.15, -0.1) is 0 Å². The molecular formula is C24H26F3N3O6. The largest absolute Gasteiger partial charge is 0.503 e. The quantitative estimate of drug-likeness (QED) is 0.489. The van der Waals surface area contributed by atoms with Crippen LogP contribution in [0.25, 0.3) is 0 Å². The zero-order chi connectivity index (χ0) is 26.1. The molecule has 2 bridgehead atoms. The Morgan fingerprint density at radius 1 is 1.19 bits per heavy atom. The van der Waals surface area contributed by atoms with Crippen LogP contribution < -0.4 is 10.7 Å². The number of fused-ring (bicyclic) bond motifs is 4. The lowest BCUT2D eigenvalue weighted by molar-refractivity contribution is 0.0400. The molecule has 0 radical (unpaired) electrons. The molecule has 2 aliphatic rings. The number of hydrogen-bond donors (Lipinski definition) is 3. The van der Waals surface area contributed by atoms with Gasteiger partial charge in [0.25, 0.3) is 11.8 Å². The lowest BCUT2D eigenvalue weighted by atomic mass is 9.94. The molecule has 2 aromatic rings. The Morgan fingerprint density at radius 3 is 2.56 bits per heavy atom. The first-order valence-electron chi connectivity index (χ1n) is 11.5. The molecular weight excluding hydrogens is 483 g/mol. The summed E-state index contributed by atoms with van der Waals surface area (Å²) in [6.07, 6.45) is 2.47. The molecule has 1 saturated heterocycles. The molecule has 1 aromatic carbocycles. The summed E-state index contributed by atoms with van der Waals surface area (Å²) in [5, 5.41) is 22.0. The number of hydrogen-bond acceptors (Lipinski definition) is 6. The monoisotopic (exact) mass is 509 g/mol. The van der Waals surface area contributed by atoms with Crippen LogP contribution in [-0.2, 0) is 11.3 Å². The van der Waals surface area contributed by atoms with Crippen LogP contribution in [0.2, 0.25) is 0 Å². The average molecular weight is 509 g/mol. The first kappa shape index (κ1) is 25.7. The number of aliphatic hydroxyl groups is 1. The van der Waals surface area contributed by atoms with Gasteiger partial charge in [0.1, 0.15) is 23.0 Å². The molecule has 194 valence electrons. The van der Waals surface area contributed by atoms with Gasteiger partial charge >= 0.3 is 0 Å². The number of carbonyl (C=O) groups excluding carboxylic acids is 2. The number of pyridine rings is 1. The van der Waals surface area contributed by atoms with Crippen LogP contribution >= 0.6 is 0 Å². The van der Waals surface area contributed by atoms with Gasteiger partial charge in [-0.2, -0.15) is 0 Å². The van der Waals surface area contributed by atoms with Crippen molar-refractivity contribution >= 4 is 11.8 Å². The van der Waals surface area contributed by atoms with E-state index in [0.29, 0.717) is 25.0 Å². The van der Waals surface area contributed by atoms with Crippen molar-refractivity contribution in [2.75, 3.05) is 26.4 Å². The first-order valence-corrected chi connectivity index (χ1v) is 11.5. The minimum atomic E-state index is -1.21. The van der Waals surface area contributed by atoms with E-state index in [-0.39, 0.29) is 44.0 Å². The van der Waals surface area contributed by atoms with Crippen molar-refractivity contribution in [1.82, 2.24) is 14.8 Å². The van der Waals surface area contributed by atoms with Gasteiger partial charge in [-0.25, -0.2) is 13.2 Å². The van der Waals surface area contributed by atoms with Gasteiger partial charge in [0.15, 0.2) is 11.4 Å². The maximum atomic E-state index is 13.9. The summed E-state index contributed by atoms with van der Waals surface area (Å²) in [7, 11) is 0. The summed E-state index contributed by atoms with van der Waals surface area (Å²) < 4.78 is 48.0. The van der Waals surface area contributed by atoms with Gasteiger partial charge in [-0.3, -0.25) is 14.4 Å². The predicted octanol–water partition coefficient (Wildman–Crippen LogP) is 1.71. The lowest BCUT2D eigenvalue weighted by Gasteiger charge is -2.39. The van der Waals surface area contributed by atoms with Gasteiger partial charge in [0, 0.05) is 48.9 Å². The molecule has 36 heavy (non-hydrogen) atoms. The SMILES string of the molecule is CC1CCC(COCCO)C2CN1C(=O)c1c(O)c(=O)c(C(=O)NCc3c(F)cc(F)cc3F)cn12. The summed E-state index contributed by atoms with van der Waals surface area (Å²) in [4.78, 5) is 40.4. The van der Waals surface area contributed by atoms with Crippen molar-refractivity contribution in [1.29, 1.82) is 0 Å². The molecule has 3 unspecified atom stereocenters. The Morgan fingerprint density at radius 2 is 1.89 bits per heavy atom. The number of rotatable bonds is 7. The molecule has 2 aliphatic heterocycles. The van der Waals surface area contributed by atoms with E-state index in [9.17, 15) is 32.7 Å². The van der Waals surface area contributed by atoms with Crippen LogP contribution in [0.4, 0.5) is 13.2 Å². The molecule has 9 nitrogen and oxygen atoms in total. The van der Waals surface area contributed by atoms with Gasteiger partial charge < -0.3 is 29.7 Å². The minimum absolute atomic E-state index is 0.119. The molecule has 3 atom stereocenters. The number of nitrogens with one attached hydrogen (secondary N) is 1. The molecule has 0 aliphatic carbocycles. The first-order chi connectivity index (χ1) is 17.1. The number of amides is 2. The zero-order valence-electron chi connectivity index (χ0n) is 19.5. The highest BCUT2D eigenvalue weighted by Gasteiger charge is 2.42. The summed E-state index contributed by atoms with van der Waals surface area (Å²) in [6.45, 7) is 1.65. The number of carbonyl (C=O) groups is 2. The van der Waals surface area contributed by atoms with E-state index in [2.05, 4.69) is 5.32 Å². The normalized spacial score (nSPS) is 21.2. The maximum Gasteiger partial charge on any atom is 0.274 e. The van der Waals surface area contributed by atoms with Crippen molar-refractivity contribution in [3.63, 3.8) is 0 Å². The molecule has 2 amide bonds. The number of ether oxygens (including phenoxy) is 1. The molecule has 12 heteroatoms. The second kappa shape index (κ2) is 10.3. The van der Waals surface area contributed by atoms with E-state index in [4.69, 9.17) is 9.84 Å². The number of aromatic nitrogens is 1. The van der Waals surface area contributed by atoms with E-state index in [0.717, 1.165) is 0 Å². The molecule has 0 spiro atoms. The molecule has 3 heterocycles. The number of nitrogens with zero attached hydrogens (tertiary/aromatic N) is 2. The summed E-state index contributed by atoms with van der Waals surface area (Å²) in [5.74, 6) is -6.16. The lowest BCUT2D eigenvalue weighted by Crippen LogP contribution is -2.48. The predicted molar refractivity (Wildman–Crippen MR) is 120 cm³/mol. The van der Waals surface area contributed by atoms with Gasteiger partial charge in [-0.05, 0) is 19.8 Å². The summed E-state index contributed by atoms with van der Waals surface area (Å²) in [5.41, 5.74) is -2.47. The molecule has 3 N–H and O–H groups in total. The molecule has 1 aromatic heterocycles. The Hall–Kier alpha value is -3.38. The number of halogens is 3. The second-order valence-electron chi connectivity index (χ2n) is 9.02. The Kier molecular flexibility index (Phi) is 7.36. The van der Waals surface area contributed by atoms with Crippen LogP contribution in [0.1, 0.15) is 52.2 Å². The number of benzene rings is 1. The Labute approximate surface area is 204 Å². The fourth-order valence-corrected chi connectivity index (χ4v) is 4.82. The van der Waals surface area contributed by atoms with Crippen LogP contribution in [0, 0.1) is 23.4 Å². The van der Waals surface area contributed by atoms with Crippen molar-refractivity contribution in [2.24, 2.45) is 5.92 Å². The number of aliphatic hydroxyl groups excluding tert-OH is 1. The van der Waals surface area contributed by atoms with Gasteiger partial charge in [0.05, 0.1) is 25.9 Å². The van der Waals surface area contributed by atoms with E-state index < -0.39 is 64.2 Å². The van der Waals surface area contributed by atoms with Crippen molar-refractivity contribution in [2.45, 2.75) is 38.4 Å². The highest BCUT2D eigenvalue weighted by molar-refractivity contribution is 5.99. The van der Waals surface area contributed by atoms with Crippen LogP contribution in [0.3, 0.4) is 0 Å². The van der Waals surface area contributed by atoms with E-state index >= 15 is 0 Å². The van der Waals surface area contributed by atoms with Crippen LogP contribution in [-0.4, -0.2) is 63.9 Å². The van der Waals surface area contributed by atoms with E-state index in [1.807, 2.05) is 6.92 Å². The highest BCUT2D eigenvalue weighted by Crippen LogP contribution is 2.37. The maximum absolute atomic E-state index is 13.9. The standard InChI is InChI=1S/C24H26F3N3O6/c1-12-2-3-13(11-36-5-4-31)19-10-29(12)24(35)20-22(33)21(32)16(9-30(19)20)23(34)28-8-15-17(26)6-14(25)7-18(15)27/h6-7,9,12-13,19,31,33H,2-5,8,10-11H2,1H3,(H,28,34). The topological polar surface area (TPSA) is 121 Å². The van der Waals surface area contributed by atoms with Crippen molar-refractivity contribution in [3.8, 4) is 5.75 Å². The zero-order valence-corrected chi connectivity index (χ0v) is 19.5. The molecule has 0 saturated carbocycles. The molecule has 4 rings (SSSR count). The van der Waals surface area contributed by atoms with Crippen molar-refractivity contribution < 1.29 is 37.7 Å². The summed E-state index contributed by atoms with van der Waals surface area (Å²) >= 11 is 0. The third-order valence-corrected chi connectivity index (χ3v) is 6.79. The highest BCUT2D eigenvalue weighted by atomic mass is 19.1. The summed E-state index contributed by atoms with van der Waals surface area (Å²) in [6, 6.07) is 0.335. The number of aromatic hydroxyl groups is 1. The van der Waals surface area contributed by atoms with E-state index in [1.54, 1.807) is 4.90 Å². The fraction of sp³-hybridized carbons (Fsp3) is 0.458. The van der Waals surface area contributed by atoms with Crippen LogP contribution in [0.15, 0.2) is 23.1 Å². The smallest absolute Gasteiger partial charge is 0.274 e.